The van der Waals surface area contributed by atoms with Crippen molar-refractivity contribution in [1.82, 2.24) is 0 Å². The minimum Gasteiger partial charge on any atom is -0.424 e. The summed E-state index contributed by atoms with van der Waals surface area (Å²) in [5.41, 5.74) is 2.13. The maximum absolute atomic E-state index is 13.7. The third-order valence-electron chi connectivity index (χ3n) is 8.14. The number of ether oxygens (including phenoxy) is 2. The maximum atomic E-state index is 13.7. The van der Waals surface area contributed by atoms with Crippen LogP contribution >= 0.6 is 47.0 Å². The van der Waals surface area contributed by atoms with E-state index in [1.54, 1.807) is 0 Å². The quantitative estimate of drug-likeness (QED) is 0.0321. The van der Waals surface area contributed by atoms with Gasteiger partial charge >= 0.3 is 11.9 Å². The number of carbonyl (C=O) groups excluding carboxylic acids is 4. The fraction of sp³-hybridized carbons (Fsp3) is 0.444. The van der Waals surface area contributed by atoms with E-state index in [0.29, 0.717) is 60.7 Å². The van der Waals surface area contributed by atoms with Gasteiger partial charge in [-0.15, -0.1) is 0 Å². The highest BCUT2D eigenvalue weighted by molar-refractivity contribution is 8.26. The molecule has 4 rings (SSSR count). The van der Waals surface area contributed by atoms with Gasteiger partial charge in [-0.1, -0.05) is 137 Å². The lowest BCUT2D eigenvalue weighted by Crippen LogP contribution is -2.22. The molecule has 0 bridgehead atoms. The van der Waals surface area contributed by atoms with Gasteiger partial charge in [-0.05, 0) is 43.7 Å². The van der Waals surface area contributed by atoms with E-state index in [1.165, 1.54) is 47.0 Å². The number of fused-ring (bicyclic) bond motifs is 2. The molecule has 2 aliphatic rings. The van der Waals surface area contributed by atoms with Crippen LogP contribution in [0.15, 0.2) is 64.0 Å². The van der Waals surface area contributed by atoms with Crippen molar-refractivity contribution in [3.63, 3.8) is 0 Å². The molecule has 0 aliphatic carbocycles. The Morgan fingerprint density at radius 2 is 1.13 bits per heavy atom. The second kappa shape index (κ2) is 17.7. The number of rotatable bonds is 16. The molecule has 46 heavy (non-hydrogen) atoms. The summed E-state index contributed by atoms with van der Waals surface area (Å²) >= 11 is 5.44. The molecule has 0 aromatic heterocycles. The van der Waals surface area contributed by atoms with Gasteiger partial charge in [0.05, 0.1) is 45.5 Å². The van der Waals surface area contributed by atoms with Gasteiger partial charge < -0.3 is 9.47 Å². The van der Waals surface area contributed by atoms with E-state index in [4.69, 9.17) is 9.47 Å². The van der Waals surface area contributed by atoms with Gasteiger partial charge in [0.2, 0.25) is 0 Å². The summed E-state index contributed by atoms with van der Waals surface area (Å²) in [6, 6.07) is 10.1. The summed E-state index contributed by atoms with van der Waals surface area (Å²) in [5, 5.41) is 0. The van der Waals surface area contributed by atoms with Crippen LogP contribution in [0.25, 0.3) is 5.57 Å². The summed E-state index contributed by atoms with van der Waals surface area (Å²) in [6.07, 6.45) is 8.81. The first-order chi connectivity index (χ1) is 22.3. The van der Waals surface area contributed by atoms with Crippen LogP contribution < -0.4 is 9.47 Å². The molecule has 246 valence electrons. The van der Waals surface area contributed by atoms with Gasteiger partial charge in [0.1, 0.15) is 0 Å². The van der Waals surface area contributed by atoms with Crippen molar-refractivity contribution in [1.29, 1.82) is 0 Å². The lowest BCUT2D eigenvalue weighted by molar-refractivity contribution is -0.141. The maximum Gasteiger partial charge on any atom is 0.314 e. The van der Waals surface area contributed by atoms with Gasteiger partial charge in [-0.3, -0.25) is 19.2 Å². The zero-order chi connectivity index (χ0) is 33.2. The predicted molar refractivity (Wildman–Crippen MR) is 191 cm³/mol. The molecular formula is C36H42O6S4. The second-order valence-corrected chi connectivity index (χ2v) is 15.9. The van der Waals surface area contributed by atoms with E-state index < -0.39 is 0 Å². The number of hydrogen-bond donors (Lipinski definition) is 0. The fourth-order valence-electron chi connectivity index (χ4n) is 5.22. The predicted octanol–water partition coefficient (Wildman–Crippen LogP) is 10.7. The first kappa shape index (κ1) is 36.4. The van der Waals surface area contributed by atoms with Crippen LogP contribution in [0.5, 0.6) is 11.5 Å². The molecule has 2 aromatic rings. The van der Waals surface area contributed by atoms with Crippen molar-refractivity contribution >= 4 is 77.1 Å². The number of carbonyl (C=O) groups is 4. The van der Waals surface area contributed by atoms with Crippen molar-refractivity contribution in [2.24, 2.45) is 11.8 Å². The Balaban J connectivity index is 1.88. The molecule has 0 saturated carbocycles. The van der Waals surface area contributed by atoms with Crippen LogP contribution in [0.1, 0.15) is 98.0 Å². The van der Waals surface area contributed by atoms with Gasteiger partial charge in [-0.25, -0.2) is 0 Å². The standard InChI is InChI=1S/C36H42O6S4/c1-6-10-13-17-24(9-4)34(40)42-28-30-29(43-35(44-30)22(5)25-18-14-12-15-19-25)27(41-33(39)23(8-3)16-11-7-2)31-32(28)46-36(45-31)26(20-37)21-38/h12,14-15,18-21,23-24H,6-11,13,16-17H2,1-5H3/b35-22+. The van der Waals surface area contributed by atoms with Crippen molar-refractivity contribution in [3.8, 4) is 11.5 Å². The molecule has 0 amide bonds. The van der Waals surface area contributed by atoms with Crippen LogP contribution in [0.3, 0.4) is 0 Å². The first-order valence-corrected chi connectivity index (χ1v) is 19.4. The summed E-state index contributed by atoms with van der Waals surface area (Å²) < 4.78 is 14.1. The molecule has 0 saturated heterocycles. The minimum absolute atomic E-state index is 0.00195. The van der Waals surface area contributed by atoms with E-state index in [1.807, 2.05) is 32.0 Å². The molecule has 2 heterocycles. The van der Waals surface area contributed by atoms with E-state index in [2.05, 4.69) is 32.9 Å². The molecule has 2 atom stereocenters. The van der Waals surface area contributed by atoms with Gasteiger partial charge in [0, 0.05) is 0 Å². The van der Waals surface area contributed by atoms with Crippen LogP contribution in [0.2, 0.25) is 0 Å². The summed E-state index contributed by atoms with van der Waals surface area (Å²) in [5.74, 6) is -0.310. The Kier molecular flexibility index (Phi) is 14.0. The zero-order valence-electron chi connectivity index (χ0n) is 27.1. The Morgan fingerprint density at radius 3 is 1.57 bits per heavy atom. The average molecular weight is 699 g/mol. The van der Waals surface area contributed by atoms with Gasteiger partial charge in [0.25, 0.3) is 0 Å². The van der Waals surface area contributed by atoms with Crippen LogP contribution in [-0.2, 0) is 19.2 Å². The molecule has 0 radical (unpaired) electrons. The smallest absolute Gasteiger partial charge is 0.314 e. The van der Waals surface area contributed by atoms with Crippen molar-refractivity contribution in [2.45, 2.75) is 112 Å². The molecule has 6 nitrogen and oxygen atoms in total. The lowest BCUT2D eigenvalue weighted by atomic mass is 9.99. The average Bonchev–Trinajstić information content (AvgIpc) is 3.71. The van der Waals surface area contributed by atoms with E-state index in [0.717, 1.165) is 60.3 Å². The molecule has 2 unspecified atom stereocenters. The molecule has 0 fully saturated rings. The Hall–Kier alpha value is -2.40. The van der Waals surface area contributed by atoms with Crippen LogP contribution in [0.4, 0.5) is 0 Å². The molecule has 0 N–H and O–H groups in total. The molecule has 0 spiro atoms. The Bertz CT molecular complexity index is 1500. The zero-order valence-corrected chi connectivity index (χ0v) is 30.4. The molecule has 10 heteroatoms. The van der Waals surface area contributed by atoms with E-state index >= 15 is 0 Å². The highest BCUT2D eigenvalue weighted by Crippen LogP contribution is 2.68. The monoisotopic (exact) mass is 698 g/mol. The Morgan fingerprint density at radius 1 is 0.674 bits per heavy atom. The van der Waals surface area contributed by atoms with Crippen molar-refractivity contribution < 1.29 is 28.7 Å². The van der Waals surface area contributed by atoms with E-state index in [-0.39, 0.29) is 29.3 Å². The third kappa shape index (κ3) is 8.35. The number of thioether (sulfide) groups is 4. The topological polar surface area (TPSA) is 86.7 Å². The number of esters is 2. The minimum atomic E-state index is -0.302. The number of allylic oxidation sites excluding steroid dienone is 2. The van der Waals surface area contributed by atoms with Crippen LogP contribution in [0, 0.1) is 11.8 Å². The van der Waals surface area contributed by atoms with Crippen molar-refractivity contribution in [2.75, 3.05) is 0 Å². The number of hydrogen-bond acceptors (Lipinski definition) is 10. The number of aldehydes is 2. The number of unbranched alkanes of at least 4 members (excludes halogenated alkanes) is 3. The van der Waals surface area contributed by atoms with Crippen molar-refractivity contribution in [3.05, 3.63) is 49.9 Å². The fourth-order valence-corrected chi connectivity index (χ4v) is 10.6. The van der Waals surface area contributed by atoms with Crippen LogP contribution in [-0.4, -0.2) is 24.5 Å². The van der Waals surface area contributed by atoms with Gasteiger partial charge in [0.15, 0.2) is 24.1 Å². The summed E-state index contributed by atoms with van der Waals surface area (Å²) in [6.45, 7) is 10.3. The number of benzene rings is 2. The highest BCUT2D eigenvalue weighted by atomic mass is 32.2. The molecule has 2 aliphatic heterocycles. The molecular weight excluding hydrogens is 657 g/mol. The summed E-state index contributed by atoms with van der Waals surface area (Å²) in [7, 11) is 0. The SMILES string of the molecule is CCCCCC(CC)C(=O)Oc1c2c(c(OC(=O)C(CC)CCCC)c3c1S/C(=C(\C)c1ccccc1)S3)SC(=C(C=O)C=O)S2. The van der Waals surface area contributed by atoms with Gasteiger partial charge in [-0.2, -0.15) is 0 Å². The van der Waals surface area contributed by atoms with E-state index in [9.17, 15) is 19.2 Å². The second-order valence-electron chi connectivity index (χ2n) is 11.3. The summed E-state index contributed by atoms with van der Waals surface area (Å²) in [4.78, 5) is 53.6. The third-order valence-corrected chi connectivity index (χ3v) is 13.6. The normalized spacial score (nSPS) is 15.9. The Labute approximate surface area is 289 Å². The largest absolute Gasteiger partial charge is 0.424 e. The molecule has 2 aromatic carbocycles. The highest BCUT2D eigenvalue weighted by Gasteiger charge is 2.40. The first-order valence-electron chi connectivity index (χ1n) is 16.1. The lowest BCUT2D eigenvalue weighted by Gasteiger charge is -2.20.